The van der Waals surface area contributed by atoms with Crippen LogP contribution in [0.2, 0.25) is 10.0 Å². The van der Waals surface area contributed by atoms with Crippen LogP contribution in [0.3, 0.4) is 0 Å². The zero-order valence-electron chi connectivity index (χ0n) is 8.05. The molecule has 0 fully saturated rings. The highest BCUT2D eigenvalue weighted by Crippen LogP contribution is 2.30. The minimum absolute atomic E-state index is 0.0106. The van der Waals surface area contributed by atoms with Crippen molar-refractivity contribution in [1.29, 1.82) is 0 Å². The largest absolute Gasteiger partial charge is 0.395 e. The first-order chi connectivity index (χ1) is 7.58. The van der Waals surface area contributed by atoms with Gasteiger partial charge in [-0.25, -0.2) is 4.98 Å². The fourth-order valence-electron chi connectivity index (χ4n) is 1.34. The number of halogens is 3. The summed E-state index contributed by atoms with van der Waals surface area (Å²) in [6.07, 6.45) is 1.38. The van der Waals surface area contributed by atoms with E-state index in [0.29, 0.717) is 21.2 Å². The zero-order valence-corrected chi connectivity index (χ0v) is 9.56. The molecule has 0 bridgehead atoms. The second-order valence-electron chi connectivity index (χ2n) is 3.23. The van der Waals surface area contributed by atoms with Crippen LogP contribution in [0.4, 0.5) is 10.1 Å². The van der Waals surface area contributed by atoms with E-state index in [1.165, 1.54) is 12.3 Å². The number of nitrogens with zero attached hydrogens (tertiary/aromatic N) is 1. The van der Waals surface area contributed by atoms with Gasteiger partial charge < -0.3 is 5.73 Å². The van der Waals surface area contributed by atoms with Gasteiger partial charge in [-0.05, 0) is 18.2 Å². The second kappa shape index (κ2) is 4.28. The normalized spacial score (nSPS) is 10.4. The average Bonchev–Trinajstić information content (AvgIpc) is 2.22. The Morgan fingerprint density at radius 2 is 1.94 bits per heavy atom. The molecule has 1 aromatic heterocycles. The van der Waals surface area contributed by atoms with Crippen LogP contribution in [0.15, 0.2) is 30.5 Å². The molecule has 0 aliphatic heterocycles. The van der Waals surface area contributed by atoms with Crippen molar-refractivity contribution in [2.75, 3.05) is 5.73 Å². The lowest BCUT2D eigenvalue weighted by atomic mass is 10.1. The van der Waals surface area contributed by atoms with Gasteiger partial charge in [0.2, 0.25) is 5.95 Å². The van der Waals surface area contributed by atoms with Gasteiger partial charge in [0.25, 0.3) is 0 Å². The standard InChI is InChI=1S/C11H7Cl2FN2/c12-7-1-2-8(9(13)4-7)6-3-10(15)11(14)16-5-6/h1-5H,15H2. The van der Waals surface area contributed by atoms with Crippen molar-refractivity contribution in [1.82, 2.24) is 4.98 Å². The Labute approximate surface area is 102 Å². The lowest BCUT2D eigenvalue weighted by Gasteiger charge is -2.05. The van der Waals surface area contributed by atoms with Gasteiger partial charge >= 0.3 is 0 Å². The molecule has 0 saturated carbocycles. The van der Waals surface area contributed by atoms with E-state index >= 15 is 0 Å². The van der Waals surface area contributed by atoms with Crippen molar-refractivity contribution in [3.05, 3.63) is 46.5 Å². The summed E-state index contributed by atoms with van der Waals surface area (Å²) < 4.78 is 12.9. The van der Waals surface area contributed by atoms with E-state index in [-0.39, 0.29) is 5.69 Å². The molecule has 2 aromatic rings. The summed E-state index contributed by atoms with van der Waals surface area (Å²) in [5, 5.41) is 1.01. The van der Waals surface area contributed by atoms with Gasteiger partial charge in [0.15, 0.2) is 0 Å². The molecule has 0 atom stereocenters. The van der Waals surface area contributed by atoms with Crippen LogP contribution in [0.25, 0.3) is 11.1 Å². The molecule has 0 unspecified atom stereocenters. The molecular formula is C11H7Cl2FN2. The van der Waals surface area contributed by atoms with Crippen LogP contribution < -0.4 is 5.73 Å². The minimum atomic E-state index is -0.686. The highest BCUT2D eigenvalue weighted by Gasteiger charge is 2.07. The number of nitrogen functional groups attached to an aromatic ring is 1. The molecule has 0 saturated heterocycles. The van der Waals surface area contributed by atoms with Gasteiger partial charge in [-0.3, -0.25) is 0 Å². The maximum atomic E-state index is 12.9. The minimum Gasteiger partial charge on any atom is -0.395 e. The highest BCUT2D eigenvalue weighted by molar-refractivity contribution is 6.36. The third-order valence-electron chi connectivity index (χ3n) is 2.11. The van der Waals surface area contributed by atoms with Crippen molar-refractivity contribution < 1.29 is 4.39 Å². The topological polar surface area (TPSA) is 38.9 Å². The Morgan fingerprint density at radius 1 is 1.19 bits per heavy atom. The average molecular weight is 257 g/mol. The predicted molar refractivity (Wildman–Crippen MR) is 64.1 cm³/mol. The molecule has 0 amide bonds. The molecule has 0 aliphatic rings. The smallest absolute Gasteiger partial charge is 0.236 e. The van der Waals surface area contributed by atoms with Crippen molar-refractivity contribution in [2.45, 2.75) is 0 Å². The number of hydrogen-bond donors (Lipinski definition) is 1. The van der Waals surface area contributed by atoms with Gasteiger partial charge in [0, 0.05) is 27.4 Å². The zero-order chi connectivity index (χ0) is 11.7. The molecule has 0 aliphatic carbocycles. The summed E-state index contributed by atoms with van der Waals surface area (Å²) in [4.78, 5) is 3.54. The van der Waals surface area contributed by atoms with Gasteiger partial charge in [0.1, 0.15) is 0 Å². The highest BCUT2D eigenvalue weighted by atomic mass is 35.5. The number of benzene rings is 1. The monoisotopic (exact) mass is 256 g/mol. The van der Waals surface area contributed by atoms with E-state index < -0.39 is 5.95 Å². The predicted octanol–water partition coefficient (Wildman–Crippen LogP) is 3.78. The summed E-state index contributed by atoms with van der Waals surface area (Å²) in [5.74, 6) is -0.686. The first-order valence-corrected chi connectivity index (χ1v) is 5.20. The Hall–Kier alpha value is -1.32. The fraction of sp³-hybridized carbons (Fsp3) is 0. The van der Waals surface area contributed by atoms with E-state index in [2.05, 4.69) is 4.98 Å². The maximum absolute atomic E-state index is 12.9. The molecule has 0 spiro atoms. The molecular weight excluding hydrogens is 250 g/mol. The van der Waals surface area contributed by atoms with Crippen LogP contribution in [-0.4, -0.2) is 4.98 Å². The Kier molecular flexibility index (Phi) is 2.99. The summed E-state index contributed by atoms with van der Waals surface area (Å²) >= 11 is 11.8. The molecule has 82 valence electrons. The molecule has 1 aromatic carbocycles. The molecule has 5 heteroatoms. The van der Waals surface area contributed by atoms with Gasteiger partial charge in [0.05, 0.1) is 5.69 Å². The molecule has 2 nitrogen and oxygen atoms in total. The quantitative estimate of drug-likeness (QED) is 0.789. The lowest BCUT2D eigenvalue weighted by Crippen LogP contribution is -1.94. The maximum Gasteiger partial charge on any atom is 0.236 e. The number of hydrogen-bond acceptors (Lipinski definition) is 2. The summed E-state index contributed by atoms with van der Waals surface area (Å²) in [6, 6.07) is 6.52. The van der Waals surface area contributed by atoms with Crippen LogP contribution in [0.5, 0.6) is 0 Å². The number of aromatic nitrogens is 1. The second-order valence-corrected chi connectivity index (χ2v) is 4.07. The number of nitrogens with two attached hydrogens (primary N) is 1. The SMILES string of the molecule is Nc1cc(-c2ccc(Cl)cc2Cl)cnc1F. The van der Waals surface area contributed by atoms with Crippen LogP contribution >= 0.6 is 23.2 Å². The summed E-state index contributed by atoms with van der Waals surface area (Å²) in [5.41, 5.74) is 6.79. The fourth-order valence-corrected chi connectivity index (χ4v) is 1.85. The molecule has 1 heterocycles. The van der Waals surface area contributed by atoms with E-state index in [9.17, 15) is 4.39 Å². The Morgan fingerprint density at radius 3 is 2.56 bits per heavy atom. The summed E-state index contributed by atoms with van der Waals surface area (Å²) in [7, 11) is 0. The first kappa shape index (κ1) is 11.2. The van der Waals surface area contributed by atoms with Crippen LogP contribution in [-0.2, 0) is 0 Å². The Balaban J connectivity index is 2.54. The third kappa shape index (κ3) is 2.10. The van der Waals surface area contributed by atoms with Gasteiger partial charge in [-0.15, -0.1) is 0 Å². The van der Waals surface area contributed by atoms with E-state index in [4.69, 9.17) is 28.9 Å². The van der Waals surface area contributed by atoms with Crippen molar-refractivity contribution in [2.24, 2.45) is 0 Å². The first-order valence-electron chi connectivity index (χ1n) is 4.44. The van der Waals surface area contributed by atoms with Crippen molar-refractivity contribution in [3.63, 3.8) is 0 Å². The summed E-state index contributed by atoms with van der Waals surface area (Å²) in [6.45, 7) is 0. The van der Waals surface area contributed by atoms with E-state index in [0.717, 1.165) is 0 Å². The Bertz CT molecular complexity index is 544. The van der Waals surface area contributed by atoms with Crippen molar-refractivity contribution >= 4 is 28.9 Å². The van der Waals surface area contributed by atoms with Crippen LogP contribution in [0.1, 0.15) is 0 Å². The number of anilines is 1. The lowest BCUT2D eigenvalue weighted by molar-refractivity contribution is 0.589. The van der Waals surface area contributed by atoms with E-state index in [1.807, 2.05) is 0 Å². The molecule has 16 heavy (non-hydrogen) atoms. The van der Waals surface area contributed by atoms with Gasteiger partial charge in [-0.1, -0.05) is 29.3 Å². The van der Waals surface area contributed by atoms with Gasteiger partial charge in [-0.2, -0.15) is 4.39 Å². The molecule has 0 radical (unpaired) electrons. The molecule has 2 N–H and O–H groups in total. The molecule has 2 rings (SSSR count). The number of pyridine rings is 1. The number of rotatable bonds is 1. The third-order valence-corrected chi connectivity index (χ3v) is 2.66. The van der Waals surface area contributed by atoms with Crippen molar-refractivity contribution in [3.8, 4) is 11.1 Å². The van der Waals surface area contributed by atoms with E-state index in [1.54, 1.807) is 18.2 Å². The van der Waals surface area contributed by atoms with Crippen LogP contribution in [0, 0.1) is 5.95 Å².